The summed E-state index contributed by atoms with van der Waals surface area (Å²) in [5, 5.41) is 0.608. The molecule has 1 aliphatic heterocycles. The summed E-state index contributed by atoms with van der Waals surface area (Å²) in [6.45, 7) is 4.97. The number of hydrogen-bond acceptors (Lipinski definition) is 4. The molecule has 0 radical (unpaired) electrons. The van der Waals surface area contributed by atoms with Crippen LogP contribution in [-0.4, -0.2) is 51.2 Å². The molecule has 0 bridgehead atoms. The van der Waals surface area contributed by atoms with Gasteiger partial charge in [0.25, 0.3) is 5.56 Å². The van der Waals surface area contributed by atoms with Crippen molar-refractivity contribution in [1.29, 1.82) is 0 Å². The predicted octanol–water partition coefficient (Wildman–Crippen LogP) is 0.328. The number of rotatable bonds is 1. The second-order valence-corrected chi connectivity index (χ2v) is 8.07. The van der Waals surface area contributed by atoms with Crippen LogP contribution in [0.2, 0.25) is 0 Å². The lowest BCUT2D eigenvalue weighted by atomic mass is 10.3. The first-order valence-corrected chi connectivity index (χ1v) is 8.93. The summed E-state index contributed by atoms with van der Waals surface area (Å²) in [6.07, 6.45) is 3.67. The summed E-state index contributed by atoms with van der Waals surface area (Å²) in [4.78, 5) is 36.8. The highest BCUT2D eigenvalue weighted by molar-refractivity contribution is 7.65. The van der Waals surface area contributed by atoms with Gasteiger partial charge in [-0.15, -0.1) is 0 Å². The molecule has 1 saturated heterocycles. The molecular formula is C14H18N4O2P+. The van der Waals surface area contributed by atoms with E-state index in [4.69, 9.17) is 0 Å². The van der Waals surface area contributed by atoms with Gasteiger partial charge >= 0.3 is 0 Å². The Balaban J connectivity index is 1.89. The lowest BCUT2D eigenvalue weighted by Gasteiger charge is -2.26. The number of nitrogens with zero attached hydrogens (tertiary/aromatic N) is 3. The van der Waals surface area contributed by atoms with E-state index >= 15 is 0 Å². The highest BCUT2D eigenvalue weighted by Gasteiger charge is 2.29. The number of aromatic amines is 1. The molecule has 1 amide bonds. The fourth-order valence-electron chi connectivity index (χ4n) is 2.70. The summed E-state index contributed by atoms with van der Waals surface area (Å²) < 4.78 is 0. The van der Waals surface area contributed by atoms with Gasteiger partial charge in [0.15, 0.2) is 5.44 Å². The minimum atomic E-state index is -0.794. The van der Waals surface area contributed by atoms with Crippen molar-refractivity contribution in [2.45, 2.75) is 13.8 Å². The van der Waals surface area contributed by atoms with Crippen LogP contribution >= 0.6 is 7.92 Å². The van der Waals surface area contributed by atoms with E-state index in [1.54, 1.807) is 20.0 Å². The van der Waals surface area contributed by atoms with E-state index in [2.05, 4.69) is 15.0 Å². The maximum atomic E-state index is 12.0. The van der Waals surface area contributed by atoms with Crippen LogP contribution in [0.15, 0.2) is 17.1 Å². The number of H-pyrrole nitrogens is 1. The largest absolute Gasteiger partial charge is 0.336 e. The van der Waals surface area contributed by atoms with Crippen LogP contribution in [0, 0.1) is 6.92 Å². The standard InChI is InChI=1S/C14H17N4O2P/c1-9-16-12-8-15-13(7-11(12)14(20)17-9)21-5-3-18(4-6-21)10(2)19/h7-8H,3-6H2,1-2H3,(H,16,17,20)/p+1. The van der Waals surface area contributed by atoms with Crippen LogP contribution in [0.5, 0.6) is 0 Å². The van der Waals surface area contributed by atoms with Crippen molar-refractivity contribution in [2.24, 2.45) is 0 Å². The van der Waals surface area contributed by atoms with Gasteiger partial charge in [0.1, 0.15) is 5.82 Å². The Morgan fingerprint density at radius 3 is 2.76 bits per heavy atom. The lowest BCUT2D eigenvalue weighted by Crippen LogP contribution is -2.38. The number of aryl methyl sites for hydroxylation is 1. The molecule has 1 fully saturated rings. The molecule has 2 aromatic heterocycles. The van der Waals surface area contributed by atoms with Gasteiger partial charge in [-0.2, -0.15) is 0 Å². The van der Waals surface area contributed by atoms with Gasteiger partial charge in [0.05, 0.1) is 50.4 Å². The SMILES string of the molecule is CC(=O)N1CC[PH+](c2cc3c(=O)[nH]c(C)nc3cn2)CC1. The third kappa shape index (κ3) is 2.81. The number of carbonyl (C=O) groups is 1. The number of amides is 1. The molecule has 21 heavy (non-hydrogen) atoms. The first-order valence-electron chi connectivity index (χ1n) is 7.02. The van der Waals surface area contributed by atoms with Crippen molar-refractivity contribution in [2.75, 3.05) is 25.4 Å². The Morgan fingerprint density at radius 1 is 1.38 bits per heavy atom. The van der Waals surface area contributed by atoms with Gasteiger partial charge in [0, 0.05) is 13.0 Å². The Labute approximate surface area is 123 Å². The normalized spacial score (nSPS) is 16.4. The van der Waals surface area contributed by atoms with Crippen LogP contribution in [0.3, 0.4) is 0 Å². The van der Waals surface area contributed by atoms with Crippen LogP contribution in [-0.2, 0) is 4.79 Å². The topological polar surface area (TPSA) is 79.0 Å². The van der Waals surface area contributed by atoms with Crippen LogP contribution in [0.1, 0.15) is 12.7 Å². The minimum absolute atomic E-state index is 0.107. The number of pyridine rings is 1. The van der Waals surface area contributed by atoms with Gasteiger partial charge in [-0.05, 0) is 6.92 Å². The fourth-order valence-corrected chi connectivity index (χ4v) is 5.14. The summed E-state index contributed by atoms with van der Waals surface area (Å²) >= 11 is 0. The van der Waals surface area contributed by atoms with Crippen LogP contribution in [0.25, 0.3) is 10.9 Å². The average molecular weight is 305 g/mol. The molecular weight excluding hydrogens is 287 g/mol. The first kappa shape index (κ1) is 14.1. The predicted molar refractivity (Wildman–Crippen MR) is 84.8 cm³/mol. The van der Waals surface area contributed by atoms with E-state index in [0.29, 0.717) is 16.7 Å². The number of aromatic nitrogens is 3. The second kappa shape index (κ2) is 5.53. The minimum Gasteiger partial charge on any atom is -0.336 e. The third-order valence-electron chi connectivity index (χ3n) is 3.88. The van der Waals surface area contributed by atoms with Crippen molar-refractivity contribution in [3.8, 4) is 0 Å². The molecule has 0 atom stereocenters. The molecule has 3 heterocycles. The van der Waals surface area contributed by atoms with E-state index in [1.165, 1.54) is 0 Å². The lowest BCUT2D eigenvalue weighted by molar-refractivity contribution is -0.128. The Kier molecular flexibility index (Phi) is 3.72. The fraction of sp³-hybridized carbons (Fsp3) is 0.429. The summed E-state index contributed by atoms with van der Waals surface area (Å²) in [6, 6.07) is 1.89. The molecule has 0 aliphatic carbocycles. The summed E-state index contributed by atoms with van der Waals surface area (Å²) in [7, 11) is -0.794. The maximum Gasteiger partial charge on any atom is 0.259 e. The van der Waals surface area contributed by atoms with Gasteiger partial charge in [-0.3, -0.25) is 9.59 Å². The Bertz CT molecular complexity index is 750. The van der Waals surface area contributed by atoms with Crippen molar-refractivity contribution < 1.29 is 4.79 Å². The molecule has 1 N–H and O–H groups in total. The molecule has 0 aromatic carbocycles. The molecule has 0 unspecified atom stereocenters. The maximum absolute atomic E-state index is 12.0. The van der Waals surface area contributed by atoms with Crippen molar-refractivity contribution in [1.82, 2.24) is 19.9 Å². The molecule has 3 rings (SSSR count). The smallest absolute Gasteiger partial charge is 0.259 e. The van der Waals surface area contributed by atoms with Crippen molar-refractivity contribution in [3.05, 3.63) is 28.4 Å². The first-order chi connectivity index (χ1) is 10.0. The second-order valence-electron chi connectivity index (χ2n) is 5.35. The Hall–Kier alpha value is -1.81. The van der Waals surface area contributed by atoms with E-state index < -0.39 is 7.92 Å². The van der Waals surface area contributed by atoms with E-state index in [0.717, 1.165) is 30.8 Å². The molecule has 0 spiro atoms. The van der Waals surface area contributed by atoms with Crippen molar-refractivity contribution >= 4 is 30.2 Å². The van der Waals surface area contributed by atoms with E-state index in [9.17, 15) is 9.59 Å². The van der Waals surface area contributed by atoms with E-state index in [1.807, 2.05) is 11.0 Å². The molecule has 6 nitrogen and oxygen atoms in total. The quantitative estimate of drug-likeness (QED) is 0.770. The zero-order chi connectivity index (χ0) is 15.0. The molecule has 0 saturated carbocycles. The average Bonchev–Trinajstić information content (AvgIpc) is 2.47. The molecule has 2 aromatic rings. The van der Waals surface area contributed by atoms with Gasteiger partial charge in [0.2, 0.25) is 5.91 Å². The zero-order valence-corrected chi connectivity index (χ0v) is 13.1. The Morgan fingerprint density at radius 2 is 2.10 bits per heavy atom. The highest BCUT2D eigenvalue weighted by Crippen LogP contribution is 2.36. The number of nitrogens with one attached hydrogen (secondary N) is 1. The highest BCUT2D eigenvalue weighted by atomic mass is 31.1. The monoisotopic (exact) mass is 305 g/mol. The number of fused-ring (bicyclic) bond motifs is 1. The van der Waals surface area contributed by atoms with Gasteiger partial charge < -0.3 is 9.88 Å². The van der Waals surface area contributed by atoms with Gasteiger partial charge in [-0.1, -0.05) is 0 Å². The van der Waals surface area contributed by atoms with Gasteiger partial charge in [-0.25, -0.2) is 9.97 Å². The number of hydrogen-bond donors (Lipinski definition) is 1. The van der Waals surface area contributed by atoms with E-state index in [-0.39, 0.29) is 11.5 Å². The van der Waals surface area contributed by atoms with Crippen LogP contribution in [0.4, 0.5) is 0 Å². The summed E-state index contributed by atoms with van der Waals surface area (Å²) in [5.41, 5.74) is 1.56. The molecule has 1 aliphatic rings. The zero-order valence-electron chi connectivity index (χ0n) is 12.1. The van der Waals surface area contributed by atoms with Crippen LogP contribution < -0.4 is 11.0 Å². The summed E-state index contributed by atoms with van der Waals surface area (Å²) in [5.74, 6) is 0.740. The number of carbonyl (C=O) groups excluding carboxylic acids is 1. The molecule has 110 valence electrons. The third-order valence-corrected chi connectivity index (χ3v) is 6.54. The van der Waals surface area contributed by atoms with Crippen molar-refractivity contribution in [3.63, 3.8) is 0 Å². The molecule has 7 heteroatoms.